The van der Waals surface area contributed by atoms with Gasteiger partial charge in [-0.1, -0.05) is 29.8 Å². The zero-order valence-corrected chi connectivity index (χ0v) is 22.5. The Morgan fingerprint density at radius 2 is 1.74 bits per heavy atom. The van der Waals surface area contributed by atoms with Crippen molar-refractivity contribution in [1.29, 1.82) is 0 Å². The summed E-state index contributed by atoms with van der Waals surface area (Å²) < 4.78 is 5.43. The van der Waals surface area contributed by atoms with Crippen molar-refractivity contribution in [3.63, 3.8) is 0 Å². The quantitative estimate of drug-likeness (QED) is 0.500. The maximum absolute atomic E-state index is 14.0. The summed E-state index contributed by atoms with van der Waals surface area (Å²) in [6.07, 6.45) is 4.48. The Morgan fingerprint density at radius 3 is 2.21 bits per heavy atom. The van der Waals surface area contributed by atoms with Gasteiger partial charge in [0.15, 0.2) is 0 Å². The number of carbonyl (C=O) groups is 3. The fourth-order valence-electron chi connectivity index (χ4n) is 3.86. The van der Waals surface area contributed by atoms with Crippen molar-refractivity contribution in [3.05, 3.63) is 35.4 Å². The number of nitrogens with zero attached hydrogens (tertiary/aromatic N) is 1. The zero-order chi connectivity index (χ0) is 25.5. The molecule has 1 aliphatic carbocycles. The van der Waals surface area contributed by atoms with E-state index >= 15 is 0 Å². The predicted octanol–water partition coefficient (Wildman–Crippen LogP) is 4.59. The average molecular weight is 492 g/mol. The van der Waals surface area contributed by atoms with Crippen molar-refractivity contribution in [2.24, 2.45) is 0 Å². The Kier molecular flexibility index (Phi) is 10.3. The average Bonchev–Trinajstić information content (AvgIpc) is 2.68. The van der Waals surface area contributed by atoms with Crippen LogP contribution in [0.3, 0.4) is 0 Å². The highest BCUT2D eigenvalue weighted by Gasteiger charge is 2.41. The lowest BCUT2D eigenvalue weighted by atomic mass is 9.87. The third-order valence-corrected chi connectivity index (χ3v) is 6.32. The van der Waals surface area contributed by atoms with Crippen molar-refractivity contribution in [3.8, 4) is 0 Å². The molecule has 2 N–H and O–H groups in total. The Balaban J connectivity index is 2.44. The lowest BCUT2D eigenvalue weighted by Gasteiger charge is -2.43. The van der Waals surface area contributed by atoms with E-state index < -0.39 is 23.8 Å². The van der Waals surface area contributed by atoms with Gasteiger partial charge >= 0.3 is 6.09 Å². The maximum atomic E-state index is 14.0. The van der Waals surface area contributed by atoms with Crippen molar-refractivity contribution < 1.29 is 19.1 Å². The number of hydrogen-bond acceptors (Lipinski definition) is 5. The second kappa shape index (κ2) is 12.5. The molecule has 8 heteroatoms. The van der Waals surface area contributed by atoms with E-state index in [9.17, 15) is 14.4 Å². The van der Waals surface area contributed by atoms with Crippen molar-refractivity contribution in [2.75, 3.05) is 12.0 Å². The standard InChI is InChI=1S/C26H41N3O4S/c1-17(2)27-23(30)22(19-13-11-18(3)12-14-19)29(20-9-8-10-20)24(31)21(15-16-34-7)28-25(32)33-26(4,5)6/h11-14,17,20-22H,8-10,15-16H2,1-7H3,(H,27,30)(H,28,32). The van der Waals surface area contributed by atoms with Crippen LogP contribution in [-0.2, 0) is 14.3 Å². The van der Waals surface area contributed by atoms with Gasteiger partial charge in [0.1, 0.15) is 17.7 Å². The molecule has 0 heterocycles. The smallest absolute Gasteiger partial charge is 0.408 e. The maximum Gasteiger partial charge on any atom is 0.408 e. The molecule has 34 heavy (non-hydrogen) atoms. The van der Waals surface area contributed by atoms with E-state index in [1.54, 1.807) is 37.4 Å². The lowest BCUT2D eigenvalue weighted by molar-refractivity contribution is -0.147. The Hall–Kier alpha value is -2.22. The Bertz CT molecular complexity index is 831. The van der Waals surface area contributed by atoms with Gasteiger partial charge < -0.3 is 20.3 Å². The molecule has 1 aromatic rings. The second-order valence-electron chi connectivity index (χ2n) is 10.3. The number of aryl methyl sites for hydroxylation is 1. The fourth-order valence-corrected chi connectivity index (χ4v) is 4.33. The highest BCUT2D eigenvalue weighted by atomic mass is 32.2. The number of benzene rings is 1. The SMILES string of the molecule is CSCCC(NC(=O)OC(C)(C)C)C(=O)N(C1CCC1)C(C(=O)NC(C)C)c1ccc(C)cc1. The molecule has 1 saturated carbocycles. The van der Waals surface area contributed by atoms with Gasteiger partial charge in [-0.05, 0) is 84.8 Å². The predicted molar refractivity (Wildman–Crippen MR) is 138 cm³/mol. The van der Waals surface area contributed by atoms with Crippen LogP contribution in [0.25, 0.3) is 0 Å². The van der Waals surface area contributed by atoms with Crippen molar-refractivity contribution in [1.82, 2.24) is 15.5 Å². The molecule has 1 fully saturated rings. The van der Waals surface area contributed by atoms with Crippen molar-refractivity contribution >= 4 is 29.7 Å². The summed E-state index contributed by atoms with van der Waals surface area (Å²) in [5.41, 5.74) is 1.18. The monoisotopic (exact) mass is 491 g/mol. The molecule has 0 radical (unpaired) electrons. The highest BCUT2D eigenvalue weighted by Crippen LogP contribution is 2.34. The van der Waals surface area contributed by atoms with Crippen LogP contribution in [0.15, 0.2) is 24.3 Å². The summed E-state index contributed by atoms with van der Waals surface area (Å²) in [6.45, 7) is 11.2. The Labute approximate surface area is 208 Å². The third-order valence-electron chi connectivity index (χ3n) is 5.67. The number of thioether (sulfide) groups is 1. The number of alkyl carbamates (subject to hydrolysis) is 1. The van der Waals surface area contributed by atoms with E-state index in [2.05, 4.69) is 10.6 Å². The highest BCUT2D eigenvalue weighted by molar-refractivity contribution is 7.98. The first-order chi connectivity index (χ1) is 15.9. The number of hydrogen-bond donors (Lipinski definition) is 2. The molecule has 2 atom stereocenters. The first kappa shape index (κ1) is 28.0. The van der Waals surface area contributed by atoms with Gasteiger partial charge in [0.2, 0.25) is 11.8 Å². The van der Waals surface area contributed by atoms with Crippen LogP contribution >= 0.6 is 11.8 Å². The largest absolute Gasteiger partial charge is 0.444 e. The van der Waals surface area contributed by atoms with E-state index in [1.807, 2.05) is 51.3 Å². The molecule has 3 amide bonds. The molecule has 0 saturated heterocycles. The molecule has 0 spiro atoms. The molecule has 1 aromatic carbocycles. The molecule has 0 aliphatic heterocycles. The molecule has 7 nitrogen and oxygen atoms in total. The number of ether oxygens (including phenoxy) is 1. The summed E-state index contributed by atoms with van der Waals surface area (Å²) >= 11 is 1.61. The number of carbonyl (C=O) groups excluding carboxylic acids is 3. The molecule has 0 aromatic heterocycles. The van der Waals surface area contributed by atoms with Crippen molar-refractivity contribution in [2.45, 2.75) is 97.0 Å². The van der Waals surface area contributed by atoms with Crippen LogP contribution in [0.2, 0.25) is 0 Å². The van der Waals surface area contributed by atoms with Crippen LogP contribution in [0.1, 0.15) is 77.5 Å². The van der Waals surface area contributed by atoms with E-state index in [-0.39, 0.29) is 23.9 Å². The number of rotatable bonds is 10. The van der Waals surface area contributed by atoms with Gasteiger partial charge in [-0.25, -0.2) is 4.79 Å². The van der Waals surface area contributed by atoms with Gasteiger partial charge in [0.05, 0.1) is 0 Å². The molecular weight excluding hydrogens is 450 g/mol. The van der Waals surface area contributed by atoms with Crippen LogP contribution < -0.4 is 10.6 Å². The molecule has 190 valence electrons. The third kappa shape index (κ3) is 8.22. The second-order valence-corrected chi connectivity index (χ2v) is 11.3. The van der Waals surface area contributed by atoms with Gasteiger partial charge in [0, 0.05) is 12.1 Å². The zero-order valence-electron chi connectivity index (χ0n) is 21.6. The molecule has 1 aliphatic rings. The molecular formula is C26H41N3O4S. The number of nitrogens with one attached hydrogen (secondary N) is 2. The van der Waals surface area contributed by atoms with E-state index in [0.717, 1.165) is 30.4 Å². The summed E-state index contributed by atoms with van der Waals surface area (Å²) in [5.74, 6) is 0.243. The summed E-state index contributed by atoms with van der Waals surface area (Å²) in [4.78, 5) is 41.8. The molecule has 2 unspecified atom stereocenters. The van der Waals surface area contributed by atoms with E-state index in [0.29, 0.717) is 12.2 Å². The summed E-state index contributed by atoms with van der Waals surface area (Å²) in [5, 5.41) is 5.79. The minimum atomic E-state index is -0.775. The minimum Gasteiger partial charge on any atom is -0.444 e. The lowest BCUT2D eigenvalue weighted by Crippen LogP contribution is -2.58. The fraction of sp³-hybridized carbons (Fsp3) is 0.654. The number of amides is 3. The normalized spacial score (nSPS) is 15.8. The van der Waals surface area contributed by atoms with Crippen LogP contribution in [-0.4, -0.2) is 58.5 Å². The first-order valence-corrected chi connectivity index (χ1v) is 13.5. The minimum absolute atomic E-state index is 0.0473. The first-order valence-electron chi connectivity index (χ1n) is 12.1. The van der Waals surface area contributed by atoms with Crippen LogP contribution in [0.5, 0.6) is 0 Å². The Morgan fingerprint density at radius 1 is 1.12 bits per heavy atom. The molecule has 0 bridgehead atoms. The van der Waals surface area contributed by atoms with Crippen LogP contribution in [0, 0.1) is 6.92 Å². The molecule has 2 rings (SSSR count). The topological polar surface area (TPSA) is 87.7 Å². The van der Waals surface area contributed by atoms with E-state index in [1.165, 1.54) is 0 Å². The van der Waals surface area contributed by atoms with Gasteiger partial charge in [0.25, 0.3) is 0 Å². The van der Waals surface area contributed by atoms with Gasteiger partial charge in [-0.15, -0.1) is 0 Å². The van der Waals surface area contributed by atoms with E-state index in [4.69, 9.17) is 4.74 Å². The summed E-state index contributed by atoms with van der Waals surface area (Å²) in [7, 11) is 0. The van der Waals surface area contributed by atoms with Crippen LogP contribution in [0.4, 0.5) is 4.79 Å². The van der Waals surface area contributed by atoms with Gasteiger partial charge in [-0.3, -0.25) is 9.59 Å². The van der Waals surface area contributed by atoms with Gasteiger partial charge in [-0.2, -0.15) is 11.8 Å². The summed E-state index contributed by atoms with van der Waals surface area (Å²) in [6, 6.07) is 6.09.